The average Bonchev–Trinajstić information content (AvgIpc) is 2.59. The van der Waals surface area contributed by atoms with Crippen molar-refractivity contribution in [1.29, 1.82) is 0 Å². The first-order valence-corrected chi connectivity index (χ1v) is 8.01. The Balaban J connectivity index is 2.36. The van der Waals surface area contributed by atoms with Gasteiger partial charge in [-0.25, -0.2) is 4.79 Å². The molecule has 1 heterocycles. The van der Waals surface area contributed by atoms with Crippen molar-refractivity contribution in [2.24, 2.45) is 5.73 Å². The lowest BCUT2D eigenvalue weighted by Crippen LogP contribution is -2.56. The molecule has 1 atom stereocenters. The number of benzene rings is 1. The number of hydrogen-bond acceptors (Lipinski definition) is 5. The molecule has 0 aromatic heterocycles. The largest absolute Gasteiger partial charge is 0.479 e. The van der Waals surface area contributed by atoms with Crippen molar-refractivity contribution in [2.45, 2.75) is 38.4 Å². The van der Waals surface area contributed by atoms with Crippen LogP contribution in [0.1, 0.15) is 35.7 Å². The van der Waals surface area contributed by atoms with Crippen LogP contribution in [0.3, 0.4) is 0 Å². The first-order chi connectivity index (χ1) is 11.5. The number of hydrogen-bond donors (Lipinski definition) is 3. The summed E-state index contributed by atoms with van der Waals surface area (Å²) < 4.78 is 0. The van der Waals surface area contributed by atoms with Crippen LogP contribution in [0.2, 0.25) is 0 Å². The van der Waals surface area contributed by atoms with Crippen molar-refractivity contribution in [2.75, 3.05) is 13.1 Å². The Kier molecular flexibility index (Phi) is 6.05. The van der Waals surface area contributed by atoms with Crippen LogP contribution in [0.15, 0.2) is 24.3 Å². The Morgan fingerprint density at radius 2 is 2.00 bits per heavy atom. The number of aliphatic carboxylic acids is 1. The average molecular weight is 333 g/mol. The standard InChI is InChI=1S/C17H23N3O4/c1-11(21)20(14-5-7-19-8-6-14)15(17(23)24)16(22)13-4-2-3-12(9-13)10-18/h2-4,9,14-15,19H,5-8,10,18H2,1H3,(H,23,24)/t15-/m0/s1. The molecule has 0 unspecified atom stereocenters. The van der Waals surface area contributed by atoms with Crippen molar-refractivity contribution in [3.63, 3.8) is 0 Å². The lowest BCUT2D eigenvalue weighted by Gasteiger charge is -2.37. The summed E-state index contributed by atoms with van der Waals surface area (Å²) >= 11 is 0. The molecule has 1 aromatic carbocycles. The quantitative estimate of drug-likeness (QED) is 0.512. The number of carbonyl (C=O) groups is 3. The molecule has 1 fully saturated rings. The number of rotatable bonds is 6. The third kappa shape index (κ3) is 3.98. The van der Waals surface area contributed by atoms with Crippen LogP contribution in [0.5, 0.6) is 0 Å². The van der Waals surface area contributed by atoms with Gasteiger partial charge in [0.15, 0.2) is 11.8 Å². The van der Waals surface area contributed by atoms with Gasteiger partial charge in [0.25, 0.3) is 0 Å². The fourth-order valence-electron chi connectivity index (χ4n) is 3.10. The number of amides is 1. The van der Waals surface area contributed by atoms with Crippen LogP contribution in [0.4, 0.5) is 0 Å². The number of piperidine rings is 1. The molecule has 1 aliphatic rings. The molecule has 0 bridgehead atoms. The van der Waals surface area contributed by atoms with E-state index >= 15 is 0 Å². The Labute approximate surface area is 140 Å². The summed E-state index contributed by atoms with van der Waals surface area (Å²) in [6.45, 7) is 2.94. The van der Waals surface area contributed by atoms with Crippen LogP contribution >= 0.6 is 0 Å². The third-order valence-corrected chi connectivity index (χ3v) is 4.27. The second-order valence-corrected chi connectivity index (χ2v) is 5.92. The SMILES string of the molecule is CC(=O)N(C1CCNCC1)[C@H](C(=O)O)C(=O)c1cccc(CN)c1. The Morgan fingerprint density at radius 3 is 2.54 bits per heavy atom. The van der Waals surface area contributed by atoms with Gasteiger partial charge in [0.05, 0.1) is 0 Å². The van der Waals surface area contributed by atoms with Crippen molar-refractivity contribution < 1.29 is 19.5 Å². The first-order valence-electron chi connectivity index (χ1n) is 8.01. The molecule has 7 heteroatoms. The van der Waals surface area contributed by atoms with Crippen molar-refractivity contribution in [1.82, 2.24) is 10.2 Å². The maximum Gasteiger partial charge on any atom is 0.334 e. The maximum atomic E-state index is 12.8. The smallest absolute Gasteiger partial charge is 0.334 e. The second kappa shape index (κ2) is 8.03. The van der Waals surface area contributed by atoms with Crippen LogP contribution in [-0.2, 0) is 16.1 Å². The summed E-state index contributed by atoms with van der Waals surface area (Å²) in [6.07, 6.45) is 1.25. The normalized spacial score (nSPS) is 16.4. The maximum absolute atomic E-state index is 12.8. The van der Waals surface area contributed by atoms with E-state index in [1.54, 1.807) is 24.3 Å². The highest BCUT2D eigenvalue weighted by molar-refractivity contribution is 6.13. The number of carbonyl (C=O) groups excluding carboxylic acids is 2. The van der Waals surface area contributed by atoms with Gasteiger partial charge in [-0.3, -0.25) is 9.59 Å². The molecule has 7 nitrogen and oxygen atoms in total. The van der Waals surface area contributed by atoms with E-state index in [2.05, 4.69) is 5.32 Å². The van der Waals surface area contributed by atoms with Crippen molar-refractivity contribution in [3.8, 4) is 0 Å². The monoisotopic (exact) mass is 333 g/mol. The summed E-state index contributed by atoms with van der Waals surface area (Å²) in [7, 11) is 0. The lowest BCUT2D eigenvalue weighted by atomic mass is 9.96. The summed E-state index contributed by atoms with van der Waals surface area (Å²) in [5.74, 6) is -2.31. The molecule has 2 rings (SSSR count). The van der Waals surface area contributed by atoms with Gasteiger partial charge in [0.2, 0.25) is 5.91 Å². The van der Waals surface area contributed by atoms with Crippen LogP contribution in [0, 0.1) is 0 Å². The number of ketones is 1. The van der Waals surface area contributed by atoms with E-state index in [4.69, 9.17) is 5.73 Å². The van der Waals surface area contributed by atoms with Gasteiger partial charge in [0.1, 0.15) is 0 Å². The van der Waals surface area contributed by atoms with Gasteiger partial charge in [-0.05, 0) is 37.6 Å². The predicted octanol–water partition coefficient (Wildman–Crippen LogP) is 0.382. The Bertz CT molecular complexity index is 626. The zero-order chi connectivity index (χ0) is 17.7. The molecule has 130 valence electrons. The van der Waals surface area contributed by atoms with E-state index in [0.29, 0.717) is 25.9 Å². The number of nitrogens with two attached hydrogens (primary N) is 1. The number of nitrogens with one attached hydrogen (secondary N) is 1. The van der Waals surface area contributed by atoms with E-state index in [1.807, 2.05) is 0 Å². The fourth-order valence-corrected chi connectivity index (χ4v) is 3.10. The fraction of sp³-hybridized carbons (Fsp3) is 0.471. The van der Waals surface area contributed by atoms with Crippen LogP contribution in [0.25, 0.3) is 0 Å². The molecule has 0 aliphatic carbocycles. The molecule has 1 saturated heterocycles. The van der Waals surface area contributed by atoms with Gasteiger partial charge in [-0.1, -0.05) is 18.2 Å². The third-order valence-electron chi connectivity index (χ3n) is 4.27. The van der Waals surface area contributed by atoms with Crippen LogP contribution < -0.4 is 11.1 Å². The van der Waals surface area contributed by atoms with Gasteiger partial charge in [-0.15, -0.1) is 0 Å². The number of carboxylic acids is 1. The van der Waals surface area contributed by atoms with Gasteiger partial charge < -0.3 is 21.1 Å². The van der Waals surface area contributed by atoms with E-state index in [1.165, 1.54) is 11.8 Å². The first kappa shape index (κ1) is 18.1. The number of nitrogens with zero attached hydrogens (tertiary/aromatic N) is 1. The van der Waals surface area contributed by atoms with Crippen molar-refractivity contribution >= 4 is 17.7 Å². The van der Waals surface area contributed by atoms with Gasteiger partial charge in [0, 0.05) is 25.1 Å². The number of carboxylic acid groups (broad SMARTS) is 1. The van der Waals surface area contributed by atoms with Crippen molar-refractivity contribution in [3.05, 3.63) is 35.4 Å². The van der Waals surface area contributed by atoms with E-state index in [9.17, 15) is 19.5 Å². The summed E-state index contributed by atoms with van der Waals surface area (Å²) in [5.41, 5.74) is 6.57. The minimum absolute atomic E-state index is 0.254. The molecular weight excluding hydrogens is 310 g/mol. The minimum Gasteiger partial charge on any atom is -0.479 e. The summed E-state index contributed by atoms with van der Waals surface area (Å²) in [6, 6.07) is 4.79. The molecule has 0 radical (unpaired) electrons. The Hall–Kier alpha value is -2.25. The summed E-state index contributed by atoms with van der Waals surface area (Å²) in [4.78, 5) is 38.0. The molecule has 1 aromatic rings. The van der Waals surface area contributed by atoms with E-state index in [-0.39, 0.29) is 18.2 Å². The molecule has 24 heavy (non-hydrogen) atoms. The second-order valence-electron chi connectivity index (χ2n) is 5.92. The lowest BCUT2D eigenvalue weighted by molar-refractivity contribution is -0.149. The topological polar surface area (TPSA) is 113 Å². The van der Waals surface area contributed by atoms with E-state index in [0.717, 1.165) is 5.56 Å². The summed E-state index contributed by atoms with van der Waals surface area (Å²) in [5, 5.41) is 12.8. The number of Topliss-reactive ketones (excluding diaryl/α,β-unsaturated/α-hetero) is 1. The van der Waals surface area contributed by atoms with Gasteiger partial charge >= 0.3 is 5.97 Å². The zero-order valence-electron chi connectivity index (χ0n) is 13.7. The molecular formula is C17H23N3O4. The molecule has 0 spiro atoms. The minimum atomic E-state index is -1.52. The highest BCUT2D eigenvalue weighted by atomic mass is 16.4. The molecule has 1 amide bonds. The molecule has 4 N–H and O–H groups in total. The highest BCUT2D eigenvalue weighted by Gasteiger charge is 2.39. The van der Waals surface area contributed by atoms with E-state index < -0.39 is 23.7 Å². The Morgan fingerprint density at radius 1 is 1.33 bits per heavy atom. The van der Waals surface area contributed by atoms with Crippen LogP contribution in [-0.4, -0.2) is 52.8 Å². The van der Waals surface area contributed by atoms with Gasteiger partial charge in [-0.2, -0.15) is 0 Å². The highest BCUT2D eigenvalue weighted by Crippen LogP contribution is 2.19. The molecule has 1 aliphatic heterocycles. The zero-order valence-corrected chi connectivity index (χ0v) is 13.7. The molecule has 0 saturated carbocycles. The predicted molar refractivity (Wildman–Crippen MR) is 88.5 cm³/mol.